The van der Waals surface area contributed by atoms with E-state index in [-0.39, 0.29) is 0 Å². The Balaban J connectivity index is 2.19. The lowest BCUT2D eigenvalue weighted by molar-refractivity contribution is 1.05. The van der Waals surface area contributed by atoms with Crippen molar-refractivity contribution in [3.8, 4) is 11.3 Å². The third-order valence-electron chi connectivity index (χ3n) is 3.01. The molecule has 3 aromatic rings. The van der Waals surface area contributed by atoms with E-state index in [4.69, 9.17) is 5.73 Å². The molecular formula is C15H13N3. The Bertz CT molecular complexity index is 692. The van der Waals surface area contributed by atoms with E-state index in [0.29, 0.717) is 6.54 Å². The van der Waals surface area contributed by atoms with Crippen molar-refractivity contribution in [2.75, 3.05) is 0 Å². The molecule has 0 saturated carbocycles. The van der Waals surface area contributed by atoms with Crippen molar-refractivity contribution in [2.24, 2.45) is 5.73 Å². The maximum absolute atomic E-state index is 5.75. The quantitative estimate of drug-likeness (QED) is 0.743. The summed E-state index contributed by atoms with van der Waals surface area (Å²) >= 11 is 0. The zero-order valence-electron chi connectivity index (χ0n) is 9.88. The highest BCUT2D eigenvalue weighted by molar-refractivity contribution is 5.82. The molecule has 0 aliphatic rings. The van der Waals surface area contributed by atoms with E-state index in [1.165, 1.54) is 0 Å². The molecule has 0 fully saturated rings. The first-order valence-electron chi connectivity index (χ1n) is 5.89. The van der Waals surface area contributed by atoms with Gasteiger partial charge in [-0.1, -0.05) is 42.5 Å². The summed E-state index contributed by atoms with van der Waals surface area (Å²) in [6.45, 7) is 0.505. The van der Waals surface area contributed by atoms with Gasteiger partial charge in [-0.3, -0.25) is 0 Å². The summed E-state index contributed by atoms with van der Waals surface area (Å²) in [4.78, 5) is 0. The predicted octanol–water partition coefficient (Wildman–Crippen LogP) is 2.76. The third kappa shape index (κ3) is 1.85. The van der Waals surface area contributed by atoms with E-state index >= 15 is 0 Å². The normalized spacial score (nSPS) is 10.7. The van der Waals surface area contributed by atoms with E-state index in [1.807, 2.05) is 48.5 Å². The minimum absolute atomic E-state index is 0.505. The number of rotatable bonds is 2. The molecule has 0 aliphatic heterocycles. The summed E-state index contributed by atoms with van der Waals surface area (Å²) < 4.78 is 0. The lowest BCUT2D eigenvalue weighted by Crippen LogP contribution is -2.00. The summed E-state index contributed by atoms with van der Waals surface area (Å²) in [5, 5.41) is 9.61. The van der Waals surface area contributed by atoms with E-state index in [1.54, 1.807) is 0 Å². The van der Waals surface area contributed by atoms with Gasteiger partial charge >= 0.3 is 0 Å². The van der Waals surface area contributed by atoms with Gasteiger partial charge in [0.15, 0.2) is 0 Å². The highest BCUT2D eigenvalue weighted by Crippen LogP contribution is 2.23. The zero-order chi connectivity index (χ0) is 12.4. The van der Waals surface area contributed by atoms with Gasteiger partial charge < -0.3 is 5.73 Å². The van der Waals surface area contributed by atoms with Crippen molar-refractivity contribution >= 4 is 10.9 Å². The Kier molecular flexibility index (Phi) is 2.74. The summed E-state index contributed by atoms with van der Waals surface area (Å²) in [5.74, 6) is 0. The molecule has 0 saturated heterocycles. The molecule has 3 nitrogen and oxygen atoms in total. The van der Waals surface area contributed by atoms with Crippen LogP contribution in [0.2, 0.25) is 0 Å². The van der Waals surface area contributed by atoms with Crippen LogP contribution in [0.4, 0.5) is 0 Å². The van der Waals surface area contributed by atoms with Crippen molar-refractivity contribution < 1.29 is 0 Å². The smallest absolute Gasteiger partial charge is 0.0939 e. The maximum Gasteiger partial charge on any atom is 0.0939 e. The maximum atomic E-state index is 5.75. The molecule has 0 atom stereocenters. The Morgan fingerprint density at radius 2 is 1.67 bits per heavy atom. The second-order valence-corrected chi connectivity index (χ2v) is 4.15. The van der Waals surface area contributed by atoms with Gasteiger partial charge in [0, 0.05) is 17.5 Å². The number of aromatic nitrogens is 2. The zero-order valence-corrected chi connectivity index (χ0v) is 9.88. The first-order valence-corrected chi connectivity index (χ1v) is 5.89. The van der Waals surface area contributed by atoms with Gasteiger partial charge in [-0.2, -0.15) is 0 Å². The first-order chi connectivity index (χ1) is 8.88. The Morgan fingerprint density at radius 3 is 2.56 bits per heavy atom. The summed E-state index contributed by atoms with van der Waals surface area (Å²) in [5.41, 5.74) is 9.67. The molecule has 0 aliphatic carbocycles. The van der Waals surface area contributed by atoms with Crippen LogP contribution in [-0.4, -0.2) is 10.2 Å². The molecule has 0 spiro atoms. The van der Waals surface area contributed by atoms with Gasteiger partial charge in [0.1, 0.15) is 0 Å². The Labute approximate surface area is 105 Å². The van der Waals surface area contributed by atoms with Gasteiger partial charge in [0.05, 0.1) is 11.2 Å². The molecule has 1 heterocycles. The van der Waals surface area contributed by atoms with Crippen LogP contribution in [0, 0.1) is 0 Å². The molecule has 0 unspecified atom stereocenters. The SMILES string of the molecule is NCc1ccccc1-c1cc2ccccc2nn1. The van der Waals surface area contributed by atoms with E-state index < -0.39 is 0 Å². The third-order valence-corrected chi connectivity index (χ3v) is 3.01. The first kappa shape index (κ1) is 10.9. The standard InChI is InChI=1S/C15H13N3/c16-10-12-6-1-3-7-13(12)15-9-11-5-2-4-8-14(11)17-18-15/h1-9H,10,16H2. The molecule has 0 radical (unpaired) electrons. The molecule has 1 aromatic heterocycles. The fourth-order valence-electron chi connectivity index (χ4n) is 2.06. The van der Waals surface area contributed by atoms with Crippen molar-refractivity contribution in [1.82, 2.24) is 10.2 Å². The van der Waals surface area contributed by atoms with Gasteiger partial charge in [-0.15, -0.1) is 10.2 Å². The topological polar surface area (TPSA) is 51.8 Å². The number of fused-ring (bicyclic) bond motifs is 1. The lowest BCUT2D eigenvalue weighted by atomic mass is 10.0. The average molecular weight is 235 g/mol. The summed E-state index contributed by atoms with van der Waals surface area (Å²) in [6, 6.07) is 18.0. The molecular weight excluding hydrogens is 222 g/mol. The van der Waals surface area contributed by atoms with Crippen LogP contribution >= 0.6 is 0 Å². The molecule has 0 bridgehead atoms. The molecule has 2 aromatic carbocycles. The van der Waals surface area contributed by atoms with E-state index in [0.717, 1.165) is 27.7 Å². The van der Waals surface area contributed by atoms with Gasteiger partial charge in [-0.05, 0) is 17.7 Å². The van der Waals surface area contributed by atoms with Gasteiger partial charge in [0.25, 0.3) is 0 Å². The van der Waals surface area contributed by atoms with Crippen molar-refractivity contribution in [2.45, 2.75) is 6.54 Å². The lowest BCUT2D eigenvalue weighted by Gasteiger charge is -2.06. The van der Waals surface area contributed by atoms with Gasteiger partial charge in [0.2, 0.25) is 0 Å². The molecule has 0 amide bonds. The van der Waals surface area contributed by atoms with Crippen LogP contribution in [0.1, 0.15) is 5.56 Å². The monoisotopic (exact) mass is 235 g/mol. The number of hydrogen-bond donors (Lipinski definition) is 1. The summed E-state index contributed by atoms with van der Waals surface area (Å²) in [7, 11) is 0. The summed E-state index contributed by atoms with van der Waals surface area (Å²) in [6.07, 6.45) is 0. The van der Waals surface area contributed by atoms with Crippen molar-refractivity contribution in [3.63, 3.8) is 0 Å². The fraction of sp³-hybridized carbons (Fsp3) is 0.0667. The van der Waals surface area contributed by atoms with Crippen LogP contribution in [-0.2, 0) is 6.54 Å². The van der Waals surface area contributed by atoms with E-state index in [2.05, 4.69) is 16.3 Å². The molecule has 3 heteroatoms. The Hall–Kier alpha value is -2.26. The second-order valence-electron chi connectivity index (χ2n) is 4.15. The molecule has 18 heavy (non-hydrogen) atoms. The van der Waals surface area contributed by atoms with Crippen LogP contribution in [0.5, 0.6) is 0 Å². The second kappa shape index (κ2) is 4.55. The van der Waals surface area contributed by atoms with Gasteiger partial charge in [-0.25, -0.2) is 0 Å². The van der Waals surface area contributed by atoms with Crippen LogP contribution < -0.4 is 5.73 Å². The van der Waals surface area contributed by atoms with Crippen LogP contribution in [0.3, 0.4) is 0 Å². The molecule has 3 rings (SSSR count). The average Bonchev–Trinajstić information content (AvgIpc) is 2.46. The number of benzene rings is 2. The number of hydrogen-bond acceptors (Lipinski definition) is 3. The predicted molar refractivity (Wildman–Crippen MR) is 72.9 cm³/mol. The largest absolute Gasteiger partial charge is 0.326 e. The highest BCUT2D eigenvalue weighted by Gasteiger charge is 2.06. The number of nitrogens with two attached hydrogens (primary N) is 1. The highest BCUT2D eigenvalue weighted by atomic mass is 15.1. The van der Waals surface area contributed by atoms with E-state index in [9.17, 15) is 0 Å². The minimum Gasteiger partial charge on any atom is -0.326 e. The fourth-order valence-corrected chi connectivity index (χ4v) is 2.06. The molecule has 2 N–H and O–H groups in total. The molecule has 88 valence electrons. The number of nitrogens with zero attached hydrogens (tertiary/aromatic N) is 2. The Morgan fingerprint density at radius 1 is 0.889 bits per heavy atom. The van der Waals surface area contributed by atoms with Crippen molar-refractivity contribution in [3.05, 3.63) is 60.2 Å². The van der Waals surface area contributed by atoms with Crippen molar-refractivity contribution in [1.29, 1.82) is 0 Å². The van der Waals surface area contributed by atoms with Crippen LogP contribution in [0.15, 0.2) is 54.6 Å². The minimum atomic E-state index is 0.505. The van der Waals surface area contributed by atoms with Crippen LogP contribution in [0.25, 0.3) is 22.2 Å².